The lowest BCUT2D eigenvalue weighted by atomic mass is 10.1. The number of amides is 2. The largest absolute Gasteiger partial charge is 0.416 e. The number of alkyl halides is 3. The molecule has 0 radical (unpaired) electrons. The number of urea groups is 1. The number of carbonyl (C=O) groups is 1. The number of hydrogen-bond acceptors (Lipinski definition) is 2. The van der Waals surface area contributed by atoms with Crippen molar-refractivity contribution in [3.05, 3.63) is 63.3 Å². The van der Waals surface area contributed by atoms with Crippen LogP contribution >= 0.6 is 0 Å². The Bertz CT molecular complexity index is 844. The number of anilines is 1. The summed E-state index contributed by atoms with van der Waals surface area (Å²) in [5.41, 5.74) is 3.15. The molecule has 2 aromatic rings. The number of nitrogens with two attached hydrogens (primary N) is 1. The lowest BCUT2D eigenvalue weighted by molar-refractivity contribution is -0.137. The fourth-order valence-corrected chi connectivity index (χ4v) is 2.14. The molecule has 5 nitrogen and oxygen atoms in total. The number of aryl methyl sites for hydroxylation is 1. The quantitative estimate of drug-likeness (QED) is 0.841. The maximum Gasteiger partial charge on any atom is 0.416 e. The minimum Gasteiger partial charge on any atom is -0.351 e. The van der Waals surface area contributed by atoms with Gasteiger partial charge in [-0.05, 0) is 37.3 Å². The molecule has 0 spiro atoms. The zero-order valence-corrected chi connectivity index (χ0v) is 12.4. The second kappa shape index (κ2) is 6.34. The van der Waals surface area contributed by atoms with E-state index in [1.807, 2.05) is 0 Å². The molecule has 0 aliphatic heterocycles. The summed E-state index contributed by atoms with van der Waals surface area (Å²) in [4.78, 5) is 23.1. The Balaban J connectivity index is 2.48. The van der Waals surface area contributed by atoms with E-state index in [-0.39, 0.29) is 11.3 Å². The van der Waals surface area contributed by atoms with Crippen molar-refractivity contribution in [3.8, 4) is 0 Å². The van der Waals surface area contributed by atoms with Crippen molar-refractivity contribution in [3.63, 3.8) is 0 Å². The van der Waals surface area contributed by atoms with Gasteiger partial charge in [-0.25, -0.2) is 9.18 Å². The van der Waals surface area contributed by atoms with E-state index < -0.39 is 35.7 Å². The van der Waals surface area contributed by atoms with Crippen LogP contribution in [0.15, 0.2) is 35.1 Å². The Labute approximate surface area is 133 Å². The summed E-state index contributed by atoms with van der Waals surface area (Å²) in [5, 5.41) is 2.11. The van der Waals surface area contributed by atoms with Gasteiger partial charge >= 0.3 is 12.2 Å². The molecule has 0 aliphatic carbocycles. The van der Waals surface area contributed by atoms with E-state index in [0.29, 0.717) is 23.9 Å². The average Bonchev–Trinajstić information content (AvgIpc) is 2.46. The monoisotopic (exact) mass is 343 g/mol. The molecule has 0 atom stereocenters. The number of aromatic nitrogens is 1. The SMILES string of the molecule is Cc1ccc(NC(N)=O)c(=O)n1Cc1cc(C(F)(F)F)ccc1F. The van der Waals surface area contributed by atoms with Crippen LogP contribution < -0.4 is 16.6 Å². The van der Waals surface area contributed by atoms with Crippen LogP contribution in [0.4, 0.5) is 28.0 Å². The van der Waals surface area contributed by atoms with E-state index in [9.17, 15) is 27.2 Å². The van der Waals surface area contributed by atoms with Gasteiger partial charge in [-0.2, -0.15) is 13.2 Å². The first kappa shape index (κ1) is 17.5. The highest BCUT2D eigenvalue weighted by molar-refractivity contribution is 5.87. The highest BCUT2D eigenvalue weighted by Crippen LogP contribution is 2.30. The van der Waals surface area contributed by atoms with E-state index in [1.54, 1.807) is 0 Å². The number of halogens is 4. The summed E-state index contributed by atoms with van der Waals surface area (Å²) in [6.45, 7) is 1.11. The maximum absolute atomic E-state index is 13.8. The molecular formula is C15H13F4N3O2. The van der Waals surface area contributed by atoms with Gasteiger partial charge in [-0.3, -0.25) is 4.79 Å². The molecule has 128 valence electrons. The van der Waals surface area contributed by atoms with Gasteiger partial charge < -0.3 is 15.6 Å². The highest BCUT2D eigenvalue weighted by atomic mass is 19.4. The lowest BCUT2D eigenvalue weighted by Gasteiger charge is -2.14. The molecule has 0 bridgehead atoms. The molecule has 2 amide bonds. The summed E-state index contributed by atoms with van der Waals surface area (Å²) in [7, 11) is 0. The Hall–Kier alpha value is -2.84. The van der Waals surface area contributed by atoms with Crippen LogP contribution in [-0.2, 0) is 12.7 Å². The minimum absolute atomic E-state index is 0.152. The smallest absolute Gasteiger partial charge is 0.351 e. The van der Waals surface area contributed by atoms with Crippen LogP contribution in [0.1, 0.15) is 16.8 Å². The summed E-state index contributed by atoms with van der Waals surface area (Å²) in [5.74, 6) is -0.873. The van der Waals surface area contributed by atoms with E-state index >= 15 is 0 Å². The van der Waals surface area contributed by atoms with Gasteiger partial charge in [0, 0.05) is 11.3 Å². The summed E-state index contributed by atoms with van der Waals surface area (Å²) in [6, 6.07) is 3.77. The van der Waals surface area contributed by atoms with Crippen molar-refractivity contribution in [2.24, 2.45) is 5.73 Å². The molecule has 3 N–H and O–H groups in total. The topological polar surface area (TPSA) is 77.1 Å². The summed E-state index contributed by atoms with van der Waals surface area (Å²) >= 11 is 0. The van der Waals surface area contributed by atoms with Crippen molar-refractivity contribution in [1.29, 1.82) is 0 Å². The Morgan fingerprint density at radius 2 is 1.92 bits per heavy atom. The van der Waals surface area contributed by atoms with Crippen molar-refractivity contribution in [2.45, 2.75) is 19.6 Å². The molecule has 1 aromatic heterocycles. The Morgan fingerprint density at radius 3 is 2.50 bits per heavy atom. The zero-order chi connectivity index (χ0) is 18.1. The highest BCUT2D eigenvalue weighted by Gasteiger charge is 2.31. The van der Waals surface area contributed by atoms with Gasteiger partial charge in [0.1, 0.15) is 11.5 Å². The number of nitrogens with one attached hydrogen (secondary N) is 1. The first-order chi connectivity index (χ1) is 11.1. The zero-order valence-electron chi connectivity index (χ0n) is 12.4. The molecule has 0 aliphatic rings. The Kier molecular flexibility index (Phi) is 4.63. The third-order valence-corrected chi connectivity index (χ3v) is 3.35. The number of benzene rings is 1. The molecule has 24 heavy (non-hydrogen) atoms. The average molecular weight is 343 g/mol. The number of carbonyl (C=O) groups excluding carboxylic acids is 1. The first-order valence-corrected chi connectivity index (χ1v) is 6.72. The lowest BCUT2D eigenvalue weighted by Crippen LogP contribution is -2.30. The van der Waals surface area contributed by atoms with Crippen molar-refractivity contribution < 1.29 is 22.4 Å². The third-order valence-electron chi connectivity index (χ3n) is 3.35. The van der Waals surface area contributed by atoms with Crippen LogP contribution in [0.2, 0.25) is 0 Å². The minimum atomic E-state index is -4.63. The summed E-state index contributed by atoms with van der Waals surface area (Å²) in [6.07, 6.45) is -4.63. The van der Waals surface area contributed by atoms with Gasteiger partial charge in [0.25, 0.3) is 5.56 Å². The molecule has 2 rings (SSSR count). The van der Waals surface area contributed by atoms with Crippen LogP contribution in [0, 0.1) is 12.7 Å². The fraction of sp³-hybridized carbons (Fsp3) is 0.200. The molecule has 1 heterocycles. The van der Waals surface area contributed by atoms with Crippen molar-refractivity contribution in [1.82, 2.24) is 4.57 Å². The van der Waals surface area contributed by atoms with E-state index in [1.165, 1.54) is 19.1 Å². The van der Waals surface area contributed by atoms with Gasteiger partial charge in [0.05, 0.1) is 12.1 Å². The second-order valence-electron chi connectivity index (χ2n) is 5.07. The van der Waals surface area contributed by atoms with Crippen LogP contribution in [0.25, 0.3) is 0 Å². The standard InChI is InChI=1S/C15H13F4N3O2/c1-8-2-5-12(21-14(20)24)13(23)22(8)7-9-6-10(15(17,18)19)3-4-11(9)16/h2-6H,7H2,1H3,(H3,20,21,24). The second-order valence-corrected chi connectivity index (χ2v) is 5.07. The predicted octanol–water partition coefficient (Wildman–Crippen LogP) is 2.85. The Morgan fingerprint density at radius 1 is 1.25 bits per heavy atom. The predicted molar refractivity (Wildman–Crippen MR) is 79.1 cm³/mol. The fourth-order valence-electron chi connectivity index (χ4n) is 2.14. The number of pyridine rings is 1. The summed E-state index contributed by atoms with van der Waals surface area (Å²) < 4.78 is 53.1. The molecule has 0 saturated carbocycles. The van der Waals surface area contributed by atoms with Gasteiger partial charge in [-0.1, -0.05) is 0 Å². The van der Waals surface area contributed by atoms with Crippen LogP contribution in [0.5, 0.6) is 0 Å². The molecule has 9 heteroatoms. The van der Waals surface area contributed by atoms with Crippen LogP contribution in [0.3, 0.4) is 0 Å². The molecule has 0 unspecified atom stereocenters. The van der Waals surface area contributed by atoms with Gasteiger partial charge in [0.2, 0.25) is 0 Å². The van der Waals surface area contributed by atoms with Gasteiger partial charge in [-0.15, -0.1) is 0 Å². The normalized spacial score (nSPS) is 11.4. The number of hydrogen-bond donors (Lipinski definition) is 2. The van der Waals surface area contributed by atoms with E-state index in [4.69, 9.17) is 5.73 Å². The number of primary amides is 1. The van der Waals surface area contributed by atoms with Crippen LogP contribution in [-0.4, -0.2) is 10.6 Å². The maximum atomic E-state index is 13.8. The molecule has 1 aromatic carbocycles. The molecular weight excluding hydrogens is 330 g/mol. The number of rotatable bonds is 3. The van der Waals surface area contributed by atoms with Crippen molar-refractivity contribution >= 4 is 11.7 Å². The first-order valence-electron chi connectivity index (χ1n) is 6.72. The van der Waals surface area contributed by atoms with Gasteiger partial charge in [0.15, 0.2) is 0 Å². The van der Waals surface area contributed by atoms with E-state index in [2.05, 4.69) is 5.32 Å². The number of nitrogens with zero attached hydrogens (tertiary/aromatic N) is 1. The third kappa shape index (κ3) is 3.73. The molecule has 0 saturated heterocycles. The van der Waals surface area contributed by atoms with E-state index in [0.717, 1.165) is 4.57 Å². The van der Waals surface area contributed by atoms with Crippen molar-refractivity contribution in [2.75, 3.05) is 5.32 Å². The molecule has 0 fully saturated rings.